The van der Waals surface area contributed by atoms with E-state index in [4.69, 9.17) is 19.4 Å². The number of hydrogen-bond donors (Lipinski definition) is 1. The molecule has 39 heavy (non-hydrogen) atoms. The predicted octanol–water partition coefficient (Wildman–Crippen LogP) is 6.78. The number of aromatic nitrogens is 2. The quantitative estimate of drug-likeness (QED) is 0.205. The van der Waals surface area contributed by atoms with Gasteiger partial charge in [-0.1, -0.05) is 72.8 Å². The van der Waals surface area contributed by atoms with Crippen molar-refractivity contribution in [1.82, 2.24) is 9.97 Å². The van der Waals surface area contributed by atoms with E-state index in [1.807, 2.05) is 84.9 Å². The molecule has 6 aromatic rings. The Balaban J connectivity index is 1.57. The van der Waals surface area contributed by atoms with Crippen LogP contribution in [0.3, 0.4) is 0 Å². The van der Waals surface area contributed by atoms with Crippen LogP contribution < -0.4 is 9.47 Å². The Morgan fingerprint density at radius 1 is 0.769 bits per heavy atom. The molecule has 186 valence electrons. The second-order valence-electron chi connectivity index (χ2n) is 9.75. The van der Waals surface area contributed by atoms with Gasteiger partial charge in [0.2, 0.25) is 0 Å². The first-order valence-electron chi connectivity index (χ1n) is 12.7. The van der Waals surface area contributed by atoms with E-state index in [1.165, 1.54) is 7.11 Å². The highest BCUT2D eigenvalue weighted by Crippen LogP contribution is 2.56. The maximum Gasteiger partial charge on any atom is 0.194 e. The van der Waals surface area contributed by atoms with Crippen molar-refractivity contribution in [3.63, 3.8) is 0 Å². The van der Waals surface area contributed by atoms with E-state index in [1.54, 1.807) is 6.07 Å². The fraction of sp³-hybridized carbons (Fsp3) is 0.0606. The Kier molecular flexibility index (Phi) is 4.41. The summed E-state index contributed by atoms with van der Waals surface area (Å²) in [6, 6.07) is 28.5. The van der Waals surface area contributed by atoms with Crippen molar-refractivity contribution in [2.45, 2.75) is 5.92 Å². The molecule has 0 saturated carbocycles. The van der Waals surface area contributed by atoms with E-state index >= 15 is 0 Å². The summed E-state index contributed by atoms with van der Waals surface area (Å²) >= 11 is 0. The second-order valence-corrected chi connectivity index (χ2v) is 9.75. The molecule has 6 nitrogen and oxygen atoms in total. The Labute approximate surface area is 222 Å². The predicted molar refractivity (Wildman–Crippen MR) is 149 cm³/mol. The van der Waals surface area contributed by atoms with Gasteiger partial charge in [0.05, 0.1) is 40.7 Å². The highest BCUT2D eigenvalue weighted by molar-refractivity contribution is 6.23. The molecule has 2 aliphatic rings. The van der Waals surface area contributed by atoms with Crippen LogP contribution in [0.25, 0.3) is 38.6 Å². The molecule has 5 aromatic carbocycles. The molecular weight excluding hydrogens is 488 g/mol. The topological polar surface area (TPSA) is 81.5 Å². The lowest BCUT2D eigenvalue weighted by molar-refractivity contribution is 0.103. The molecule has 2 heterocycles. The number of para-hydroxylation sites is 3. The van der Waals surface area contributed by atoms with E-state index < -0.39 is 5.92 Å². The van der Waals surface area contributed by atoms with Crippen molar-refractivity contribution < 1.29 is 19.4 Å². The number of hydrogen-bond acceptors (Lipinski definition) is 6. The molecule has 1 aliphatic heterocycles. The van der Waals surface area contributed by atoms with Crippen molar-refractivity contribution in [3.05, 3.63) is 119 Å². The number of allylic oxidation sites excluding steroid dienone is 1. The summed E-state index contributed by atoms with van der Waals surface area (Å²) in [7, 11) is 1.51. The molecule has 1 aliphatic carbocycles. The Bertz CT molecular complexity index is 2080. The molecule has 6 heteroatoms. The monoisotopic (exact) mass is 508 g/mol. The third-order valence-corrected chi connectivity index (χ3v) is 7.75. The summed E-state index contributed by atoms with van der Waals surface area (Å²) in [5.74, 6) is 0.623. The number of ether oxygens (including phenoxy) is 2. The van der Waals surface area contributed by atoms with Crippen LogP contribution in [0.1, 0.15) is 33.0 Å². The maximum atomic E-state index is 14.0. The number of phenolic OH excluding ortho intramolecular Hbond substituents is 1. The van der Waals surface area contributed by atoms with Gasteiger partial charge in [0.1, 0.15) is 11.5 Å². The normalized spacial score (nSPS) is 15.8. The average molecular weight is 509 g/mol. The van der Waals surface area contributed by atoms with Crippen LogP contribution in [0.5, 0.6) is 17.2 Å². The smallest absolute Gasteiger partial charge is 0.194 e. The van der Waals surface area contributed by atoms with E-state index in [-0.39, 0.29) is 11.5 Å². The molecule has 8 rings (SSSR count). The number of fused-ring (bicyclic) bond motifs is 9. The highest BCUT2D eigenvalue weighted by atomic mass is 16.5. The highest BCUT2D eigenvalue weighted by Gasteiger charge is 2.44. The zero-order valence-electron chi connectivity index (χ0n) is 20.8. The lowest BCUT2D eigenvalue weighted by atomic mass is 9.79. The number of benzene rings is 5. The average Bonchev–Trinajstić information content (AvgIpc) is 3.27. The van der Waals surface area contributed by atoms with Gasteiger partial charge >= 0.3 is 0 Å². The van der Waals surface area contributed by atoms with E-state index in [2.05, 4.69) is 0 Å². The number of methoxy groups -OCH3 is 1. The molecular formula is C33H20N2O4. The summed E-state index contributed by atoms with van der Waals surface area (Å²) in [6.07, 6.45) is 0. The van der Waals surface area contributed by atoms with Gasteiger partial charge in [0, 0.05) is 33.0 Å². The van der Waals surface area contributed by atoms with E-state index in [9.17, 15) is 9.90 Å². The summed E-state index contributed by atoms with van der Waals surface area (Å²) in [6.45, 7) is 0. The van der Waals surface area contributed by atoms with Crippen LogP contribution in [-0.2, 0) is 0 Å². The molecule has 0 spiro atoms. The van der Waals surface area contributed by atoms with Gasteiger partial charge in [-0.2, -0.15) is 0 Å². The summed E-state index contributed by atoms with van der Waals surface area (Å²) in [5, 5.41) is 13.2. The van der Waals surface area contributed by atoms with Crippen LogP contribution in [-0.4, -0.2) is 28.0 Å². The van der Waals surface area contributed by atoms with Crippen molar-refractivity contribution >= 4 is 44.4 Å². The third-order valence-electron chi connectivity index (χ3n) is 7.75. The zero-order chi connectivity index (χ0) is 26.2. The van der Waals surface area contributed by atoms with Crippen molar-refractivity contribution in [1.29, 1.82) is 0 Å². The van der Waals surface area contributed by atoms with Crippen LogP contribution in [0.4, 0.5) is 0 Å². The van der Waals surface area contributed by atoms with Gasteiger partial charge in [0.25, 0.3) is 0 Å². The molecule has 0 radical (unpaired) electrons. The van der Waals surface area contributed by atoms with Gasteiger partial charge in [-0.15, -0.1) is 0 Å². The molecule has 0 amide bonds. The largest absolute Gasteiger partial charge is 0.504 e. The number of rotatable bonds is 2. The lowest BCUT2D eigenvalue weighted by Gasteiger charge is -2.30. The Hall–Kier alpha value is -5.23. The van der Waals surface area contributed by atoms with E-state index in [0.717, 1.165) is 27.4 Å². The first kappa shape index (κ1) is 21.8. The van der Waals surface area contributed by atoms with Crippen LogP contribution >= 0.6 is 0 Å². The van der Waals surface area contributed by atoms with E-state index in [0.29, 0.717) is 50.6 Å². The SMILES string of the molecule is COc1cccc(C2C3=C(Oc4c2c2nc5ccccc5nc2c2ccccc42)c2ccccc2C3=O)c1O. The number of aromatic hydroxyl groups is 1. The fourth-order valence-electron chi connectivity index (χ4n) is 6.03. The molecule has 0 saturated heterocycles. The van der Waals surface area contributed by atoms with Gasteiger partial charge in [-0.05, 0) is 18.2 Å². The zero-order valence-corrected chi connectivity index (χ0v) is 20.8. The third kappa shape index (κ3) is 2.88. The summed E-state index contributed by atoms with van der Waals surface area (Å²) in [5.41, 5.74) is 5.88. The molecule has 0 bridgehead atoms. The maximum absolute atomic E-state index is 14.0. The van der Waals surface area contributed by atoms with Crippen molar-refractivity contribution in [2.75, 3.05) is 7.11 Å². The van der Waals surface area contributed by atoms with Crippen LogP contribution in [0.2, 0.25) is 0 Å². The Morgan fingerprint density at radius 2 is 1.44 bits per heavy atom. The first-order chi connectivity index (χ1) is 19.2. The molecule has 1 unspecified atom stereocenters. The number of carbonyl (C=O) groups is 1. The molecule has 1 aromatic heterocycles. The molecule has 1 atom stereocenters. The second kappa shape index (κ2) is 7.88. The van der Waals surface area contributed by atoms with Gasteiger partial charge in [-0.3, -0.25) is 4.79 Å². The minimum atomic E-state index is -0.665. The first-order valence-corrected chi connectivity index (χ1v) is 12.7. The number of carbonyl (C=O) groups excluding carboxylic acids is 1. The van der Waals surface area contributed by atoms with Gasteiger partial charge < -0.3 is 14.6 Å². The standard InChI is InChI=1S/C33H20N2O4/c1-38-24-16-8-13-21(30(24)36)25-26-29-28(34-22-14-6-7-15-23(22)35-29)17-9-2-4-11-19(17)32(26)39-33-20-12-5-3-10-18(20)31(37)27(25)33/h2-16,25,36H,1H3. The lowest BCUT2D eigenvalue weighted by Crippen LogP contribution is -2.19. The summed E-state index contributed by atoms with van der Waals surface area (Å²) in [4.78, 5) is 24.1. The number of Topliss-reactive ketones (excluding diaryl/α,β-unsaturated/α-hetero) is 1. The van der Waals surface area contributed by atoms with Crippen LogP contribution in [0, 0.1) is 0 Å². The minimum Gasteiger partial charge on any atom is -0.504 e. The van der Waals surface area contributed by atoms with Crippen LogP contribution in [0.15, 0.2) is 96.6 Å². The summed E-state index contributed by atoms with van der Waals surface area (Å²) < 4.78 is 12.2. The fourth-order valence-corrected chi connectivity index (χ4v) is 6.03. The minimum absolute atomic E-state index is 0.0245. The molecule has 1 N–H and O–H groups in total. The number of phenols is 1. The van der Waals surface area contributed by atoms with Crippen molar-refractivity contribution in [3.8, 4) is 17.2 Å². The van der Waals surface area contributed by atoms with Gasteiger partial charge in [0.15, 0.2) is 17.3 Å². The van der Waals surface area contributed by atoms with Crippen molar-refractivity contribution in [2.24, 2.45) is 0 Å². The number of ketones is 1. The number of nitrogens with zero attached hydrogens (tertiary/aromatic N) is 2. The van der Waals surface area contributed by atoms with Gasteiger partial charge in [-0.25, -0.2) is 9.97 Å². The Morgan fingerprint density at radius 3 is 2.21 bits per heavy atom. The molecule has 0 fully saturated rings.